The standard InChI is InChI=1S/C20H26N2O4/c1-5-26-16-8-6-15(7-9-16)13-22(2)14-20(23)21-18-12-17(24-3)10-11-19(18)25-4/h6-12H,5,13-14H2,1-4H3,(H,21,23). The Bertz CT molecular complexity index is 716. The normalized spacial score (nSPS) is 10.5. The average molecular weight is 358 g/mol. The van der Waals surface area contributed by atoms with Crippen LogP contribution in [0.25, 0.3) is 0 Å². The van der Waals surface area contributed by atoms with E-state index in [0.717, 1.165) is 11.3 Å². The second-order valence-corrected chi connectivity index (χ2v) is 5.86. The maximum atomic E-state index is 12.4. The first-order valence-corrected chi connectivity index (χ1v) is 8.47. The van der Waals surface area contributed by atoms with E-state index in [-0.39, 0.29) is 12.5 Å². The first kappa shape index (κ1) is 19.6. The number of carbonyl (C=O) groups is 1. The molecule has 0 aromatic heterocycles. The third-order valence-electron chi connectivity index (χ3n) is 3.78. The number of anilines is 1. The van der Waals surface area contributed by atoms with E-state index in [1.807, 2.05) is 43.1 Å². The van der Waals surface area contributed by atoms with E-state index in [2.05, 4.69) is 5.32 Å². The molecule has 0 fully saturated rings. The molecule has 0 unspecified atom stereocenters. The number of rotatable bonds is 9. The van der Waals surface area contributed by atoms with Crippen molar-refractivity contribution in [3.8, 4) is 17.2 Å². The van der Waals surface area contributed by atoms with Gasteiger partial charge in [0.1, 0.15) is 17.2 Å². The number of benzene rings is 2. The highest BCUT2D eigenvalue weighted by Gasteiger charge is 2.11. The molecule has 6 heteroatoms. The van der Waals surface area contributed by atoms with Gasteiger partial charge in [-0.05, 0) is 43.8 Å². The summed E-state index contributed by atoms with van der Waals surface area (Å²) in [6, 6.07) is 13.2. The molecular weight excluding hydrogens is 332 g/mol. The van der Waals surface area contributed by atoms with Crippen LogP contribution in [0.2, 0.25) is 0 Å². The van der Waals surface area contributed by atoms with Crippen LogP contribution in [0.15, 0.2) is 42.5 Å². The molecule has 26 heavy (non-hydrogen) atoms. The molecular formula is C20H26N2O4. The lowest BCUT2D eigenvalue weighted by Gasteiger charge is -2.17. The molecule has 0 spiro atoms. The van der Waals surface area contributed by atoms with Gasteiger partial charge in [-0.25, -0.2) is 0 Å². The summed E-state index contributed by atoms with van der Waals surface area (Å²) in [6.07, 6.45) is 0. The molecule has 0 atom stereocenters. The summed E-state index contributed by atoms with van der Waals surface area (Å²) in [5, 5.41) is 2.87. The van der Waals surface area contributed by atoms with Gasteiger partial charge >= 0.3 is 0 Å². The van der Waals surface area contributed by atoms with Gasteiger partial charge < -0.3 is 19.5 Å². The molecule has 0 radical (unpaired) electrons. The van der Waals surface area contributed by atoms with Crippen molar-refractivity contribution < 1.29 is 19.0 Å². The van der Waals surface area contributed by atoms with Crippen LogP contribution in [-0.4, -0.2) is 45.2 Å². The Morgan fingerprint density at radius 3 is 2.35 bits per heavy atom. The molecule has 0 saturated heterocycles. The third-order valence-corrected chi connectivity index (χ3v) is 3.78. The predicted octanol–water partition coefficient (Wildman–Crippen LogP) is 3.17. The predicted molar refractivity (Wildman–Crippen MR) is 102 cm³/mol. The van der Waals surface area contributed by atoms with Gasteiger partial charge in [-0.2, -0.15) is 0 Å². The Labute approximate surface area is 154 Å². The molecule has 0 heterocycles. The van der Waals surface area contributed by atoms with Crippen LogP contribution >= 0.6 is 0 Å². The highest BCUT2D eigenvalue weighted by molar-refractivity contribution is 5.93. The largest absolute Gasteiger partial charge is 0.497 e. The third kappa shape index (κ3) is 5.67. The monoisotopic (exact) mass is 358 g/mol. The zero-order valence-electron chi connectivity index (χ0n) is 15.7. The molecule has 0 bridgehead atoms. The van der Waals surface area contributed by atoms with E-state index < -0.39 is 0 Å². The highest BCUT2D eigenvalue weighted by atomic mass is 16.5. The first-order chi connectivity index (χ1) is 12.5. The zero-order valence-corrected chi connectivity index (χ0v) is 15.7. The smallest absolute Gasteiger partial charge is 0.238 e. The van der Waals surface area contributed by atoms with Crippen LogP contribution in [0.3, 0.4) is 0 Å². The molecule has 1 amide bonds. The molecule has 0 aliphatic rings. The summed E-state index contributed by atoms with van der Waals surface area (Å²) in [5.41, 5.74) is 1.70. The fourth-order valence-electron chi connectivity index (χ4n) is 2.57. The number of hydrogen-bond donors (Lipinski definition) is 1. The van der Waals surface area contributed by atoms with Gasteiger partial charge in [-0.3, -0.25) is 9.69 Å². The summed E-state index contributed by atoms with van der Waals surface area (Å²) >= 11 is 0. The van der Waals surface area contributed by atoms with Crippen LogP contribution in [0.5, 0.6) is 17.2 Å². The number of ether oxygens (including phenoxy) is 3. The summed E-state index contributed by atoms with van der Waals surface area (Å²) in [7, 11) is 5.05. The van der Waals surface area contributed by atoms with Crippen LogP contribution < -0.4 is 19.5 Å². The van der Waals surface area contributed by atoms with Crippen molar-refractivity contribution in [1.29, 1.82) is 0 Å². The quantitative estimate of drug-likeness (QED) is 0.746. The maximum absolute atomic E-state index is 12.4. The number of amides is 1. The number of nitrogens with one attached hydrogen (secondary N) is 1. The van der Waals surface area contributed by atoms with E-state index in [1.54, 1.807) is 32.4 Å². The lowest BCUT2D eigenvalue weighted by molar-refractivity contribution is -0.117. The number of hydrogen-bond acceptors (Lipinski definition) is 5. The number of nitrogens with zero attached hydrogens (tertiary/aromatic N) is 1. The molecule has 2 rings (SSSR count). The van der Waals surface area contributed by atoms with Crippen LogP contribution in [-0.2, 0) is 11.3 Å². The van der Waals surface area contributed by atoms with Crippen LogP contribution in [0.4, 0.5) is 5.69 Å². The topological polar surface area (TPSA) is 60.0 Å². The molecule has 0 saturated carbocycles. The Hall–Kier alpha value is -2.73. The number of carbonyl (C=O) groups excluding carboxylic acids is 1. The van der Waals surface area contributed by atoms with Crippen LogP contribution in [0, 0.1) is 0 Å². The van der Waals surface area contributed by atoms with Crippen molar-refractivity contribution in [3.05, 3.63) is 48.0 Å². The van der Waals surface area contributed by atoms with Gasteiger partial charge in [0.15, 0.2) is 0 Å². The minimum Gasteiger partial charge on any atom is -0.497 e. The van der Waals surface area contributed by atoms with E-state index in [0.29, 0.717) is 30.3 Å². The fraction of sp³-hybridized carbons (Fsp3) is 0.350. The van der Waals surface area contributed by atoms with Gasteiger partial charge in [0.2, 0.25) is 5.91 Å². The van der Waals surface area contributed by atoms with E-state index in [1.165, 1.54) is 0 Å². The van der Waals surface area contributed by atoms with Crippen LogP contribution in [0.1, 0.15) is 12.5 Å². The Morgan fingerprint density at radius 1 is 1.04 bits per heavy atom. The Kier molecular flexibility index (Phi) is 7.29. The molecule has 0 aliphatic carbocycles. The molecule has 2 aromatic carbocycles. The summed E-state index contributed by atoms with van der Waals surface area (Å²) in [4.78, 5) is 14.3. The van der Waals surface area contributed by atoms with E-state index in [9.17, 15) is 4.79 Å². The lowest BCUT2D eigenvalue weighted by Crippen LogP contribution is -2.29. The second-order valence-electron chi connectivity index (χ2n) is 5.86. The molecule has 2 aromatic rings. The van der Waals surface area contributed by atoms with E-state index in [4.69, 9.17) is 14.2 Å². The molecule has 140 valence electrons. The summed E-state index contributed by atoms with van der Waals surface area (Å²) < 4.78 is 15.9. The Morgan fingerprint density at radius 2 is 1.73 bits per heavy atom. The van der Waals surface area contributed by atoms with Crippen molar-refractivity contribution in [1.82, 2.24) is 4.90 Å². The molecule has 0 aliphatic heterocycles. The van der Waals surface area contributed by atoms with E-state index >= 15 is 0 Å². The van der Waals surface area contributed by atoms with Gasteiger partial charge in [-0.1, -0.05) is 12.1 Å². The minimum atomic E-state index is -0.120. The lowest BCUT2D eigenvalue weighted by atomic mass is 10.2. The highest BCUT2D eigenvalue weighted by Crippen LogP contribution is 2.28. The zero-order chi connectivity index (χ0) is 18.9. The summed E-state index contributed by atoms with van der Waals surface area (Å²) in [6.45, 7) is 3.52. The van der Waals surface area contributed by atoms with Crippen molar-refractivity contribution in [2.24, 2.45) is 0 Å². The molecule has 1 N–H and O–H groups in total. The number of methoxy groups -OCH3 is 2. The van der Waals surface area contributed by atoms with Crippen molar-refractivity contribution in [3.63, 3.8) is 0 Å². The molecule has 6 nitrogen and oxygen atoms in total. The van der Waals surface area contributed by atoms with Gasteiger partial charge in [0.25, 0.3) is 0 Å². The maximum Gasteiger partial charge on any atom is 0.238 e. The number of likely N-dealkylation sites (N-methyl/N-ethyl adjacent to an activating group) is 1. The fourth-order valence-corrected chi connectivity index (χ4v) is 2.57. The Balaban J connectivity index is 1.92. The average Bonchev–Trinajstić information content (AvgIpc) is 2.63. The van der Waals surface area contributed by atoms with Gasteiger partial charge in [0, 0.05) is 12.6 Å². The van der Waals surface area contributed by atoms with Crippen molar-refractivity contribution >= 4 is 11.6 Å². The summed E-state index contributed by atoms with van der Waals surface area (Å²) in [5.74, 6) is 1.98. The second kappa shape index (κ2) is 9.68. The minimum absolute atomic E-state index is 0.120. The first-order valence-electron chi connectivity index (χ1n) is 8.47. The van der Waals surface area contributed by atoms with Gasteiger partial charge in [0.05, 0.1) is 33.1 Å². The van der Waals surface area contributed by atoms with Crippen molar-refractivity contribution in [2.75, 3.05) is 39.7 Å². The SMILES string of the molecule is CCOc1ccc(CN(C)CC(=O)Nc2cc(OC)ccc2OC)cc1. The van der Waals surface area contributed by atoms with Gasteiger partial charge in [-0.15, -0.1) is 0 Å². The van der Waals surface area contributed by atoms with Crippen molar-refractivity contribution in [2.45, 2.75) is 13.5 Å².